The van der Waals surface area contributed by atoms with Crippen LogP contribution in [-0.2, 0) is 18.4 Å². The van der Waals surface area contributed by atoms with Crippen molar-refractivity contribution in [2.24, 2.45) is 7.05 Å². The van der Waals surface area contributed by atoms with E-state index in [9.17, 15) is 14.4 Å². The lowest BCUT2D eigenvalue weighted by Gasteiger charge is -2.22. The van der Waals surface area contributed by atoms with Crippen molar-refractivity contribution in [2.45, 2.75) is 65.1 Å². The van der Waals surface area contributed by atoms with Gasteiger partial charge in [-0.2, -0.15) is 0 Å². The Balaban J connectivity index is 1.33. The van der Waals surface area contributed by atoms with Crippen molar-refractivity contribution in [3.05, 3.63) is 28.7 Å². The van der Waals surface area contributed by atoms with Gasteiger partial charge in [0.05, 0.1) is 17.5 Å². The second kappa shape index (κ2) is 10.2. The lowest BCUT2D eigenvalue weighted by Crippen LogP contribution is -2.36. The number of fused-ring (bicyclic) bond motifs is 3. The standard InChI is InChI=1S/C27H33N9O3S/c1-5-35-19(26(39)36(16-6-7-16)17-8-9-17)12-18-21-20(30-13-34(21)4)23(32-24(18)35)33-27-31-14(2)22(40-27)25(38)29-11-10-28-15(3)37/h12-13,16-17H,5-11H2,1-4H3,(H,28,37)(H,29,38)(H,31,32,33). The zero-order valence-electron chi connectivity index (χ0n) is 23.1. The van der Waals surface area contributed by atoms with Crippen LogP contribution in [0.15, 0.2) is 12.4 Å². The van der Waals surface area contributed by atoms with E-state index in [2.05, 4.69) is 30.8 Å². The van der Waals surface area contributed by atoms with Crippen LogP contribution in [0.3, 0.4) is 0 Å². The molecule has 0 bridgehead atoms. The van der Waals surface area contributed by atoms with Gasteiger partial charge < -0.3 is 30.0 Å². The van der Waals surface area contributed by atoms with Crippen LogP contribution in [0.4, 0.5) is 10.9 Å². The molecule has 4 aromatic rings. The van der Waals surface area contributed by atoms with Gasteiger partial charge in [-0.05, 0) is 45.6 Å². The molecule has 0 aliphatic heterocycles. The number of nitrogens with one attached hydrogen (secondary N) is 3. The van der Waals surface area contributed by atoms with E-state index in [4.69, 9.17) is 4.98 Å². The van der Waals surface area contributed by atoms with Gasteiger partial charge in [-0.1, -0.05) is 11.3 Å². The summed E-state index contributed by atoms with van der Waals surface area (Å²) in [5.74, 6) is 0.203. The lowest BCUT2D eigenvalue weighted by atomic mass is 10.2. The molecule has 40 heavy (non-hydrogen) atoms. The summed E-state index contributed by atoms with van der Waals surface area (Å²) in [5.41, 5.74) is 3.50. The zero-order chi connectivity index (χ0) is 28.1. The van der Waals surface area contributed by atoms with E-state index in [0.29, 0.717) is 70.1 Å². The Morgan fingerprint density at radius 2 is 1.80 bits per heavy atom. The largest absolute Gasteiger partial charge is 0.355 e. The maximum atomic E-state index is 13.8. The summed E-state index contributed by atoms with van der Waals surface area (Å²) >= 11 is 1.23. The highest BCUT2D eigenvalue weighted by molar-refractivity contribution is 7.17. The molecule has 210 valence electrons. The number of pyridine rings is 1. The zero-order valence-corrected chi connectivity index (χ0v) is 23.9. The van der Waals surface area contributed by atoms with Crippen LogP contribution in [0.25, 0.3) is 22.1 Å². The first kappa shape index (κ1) is 26.2. The molecular formula is C27H33N9O3S. The van der Waals surface area contributed by atoms with Crippen molar-refractivity contribution >= 4 is 62.1 Å². The molecule has 4 heterocycles. The third-order valence-electron chi connectivity index (χ3n) is 7.37. The predicted molar refractivity (Wildman–Crippen MR) is 153 cm³/mol. The molecule has 4 aromatic heterocycles. The van der Waals surface area contributed by atoms with Crippen molar-refractivity contribution in [3.8, 4) is 0 Å². The first-order valence-corrected chi connectivity index (χ1v) is 14.5. The van der Waals surface area contributed by atoms with Crippen LogP contribution in [0.2, 0.25) is 0 Å². The van der Waals surface area contributed by atoms with Crippen molar-refractivity contribution in [2.75, 3.05) is 18.4 Å². The van der Waals surface area contributed by atoms with Gasteiger partial charge in [0.15, 0.2) is 10.9 Å². The number of amides is 3. The molecule has 2 aliphatic carbocycles. The number of hydrogen-bond donors (Lipinski definition) is 3. The highest BCUT2D eigenvalue weighted by Gasteiger charge is 2.43. The van der Waals surface area contributed by atoms with Gasteiger partial charge in [0, 0.05) is 51.1 Å². The van der Waals surface area contributed by atoms with Gasteiger partial charge in [-0.25, -0.2) is 15.0 Å². The first-order valence-electron chi connectivity index (χ1n) is 13.7. The Bertz CT molecular complexity index is 1630. The number of aryl methyl sites for hydroxylation is 3. The maximum absolute atomic E-state index is 13.8. The van der Waals surface area contributed by atoms with Gasteiger partial charge in [0.25, 0.3) is 11.8 Å². The highest BCUT2D eigenvalue weighted by atomic mass is 32.1. The molecule has 6 rings (SSSR count). The molecule has 12 nitrogen and oxygen atoms in total. The Hall–Kier alpha value is -4.00. The average molecular weight is 564 g/mol. The minimum absolute atomic E-state index is 0.0828. The predicted octanol–water partition coefficient (Wildman–Crippen LogP) is 3.08. The maximum Gasteiger partial charge on any atom is 0.271 e. The third-order valence-corrected chi connectivity index (χ3v) is 8.44. The molecule has 0 radical (unpaired) electrons. The highest BCUT2D eigenvalue weighted by Crippen LogP contribution is 2.40. The van der Waals surface area contributed by atoms with Crippen LogP contribution in [0.1, 0.15) is 65.4 Å². The van der Waals surface area contributed by atoms with E-state index in [0.717, 1.165) is 36.6 Å². The number of rotatable bonds is 10. The summed E-state index contributed by atoms with van der Waals surface area (Å²) in [4.78, 5) is 54.3. The second-order valence-corrected chi connectivity index (χ2v) is 11.5. The fourth-order valence-electron chi connectivity index (χ4n) is 5.22. The minimum Gasteiger partial charge on any atom is -0.355 e. The van der Waals surface area contributed by atoms with Crippen molar-refractivity contribution < 1.29 is 14.4 Å². The summed E-state index contributed by atoms with van der Waals surface area (Å²) in [6.07, 6.45) is 6.05. The molecule has 13 heteroatoms. The minimum atomic E-state index is -0.251. The fraction of sp³-hybridized carbons (Fsp3) is 0.481. The molecule has 0 spiro atoms. The molecule has 2 fully saturated rings. The Kier molecular flexibility index (Phi) is 6.69. The molecule has 0 unspecified atom stereocenters. The SMILES string of the molecule is CCn1c(C(=O)N(C2CC2)C2CC2)cc2c3c(ncn3C)c(Nc3nc(C)c(C(=O)NCCNC(C)=O)s3)nc21. The summed E-state index contributed by atoms with van der Waals surface area (Å²) in [6, 6.07) is 2.68. The summed E-state index contributed by atoms with van der Waals surface area (Å²) in [5, 5.41) is 10.2. The molecule has 0 atom stereocenters. The number of nitrogens with zero attached hydrogens (tertiary/aromatic N) is 6. The monoisotopic (exact) mass is 563 g/mol. The molecule has 0 saturated heterocycles. The van der Waals surface area contributed by atoms with E-state index in [1.807, 2.05) is 29.2 Å². The number of imidazole rings is 1. The van der Waals surface area contributed by atoms with Crippen LogP contribution >= 0.6 is 11.3 Å². The second-order valence-electron chi connectivity index (χ2n) is 10.5. The van der Waals surface area contributed by atoms with Crippen molar-refractivity contribution in [1.82, 2.24) is 39.6 Å². The van der Waals surface area contributed by atoms with Gasteiger partial charge in [0.2, 0.25) is 5.91 Å². The fourth-order valence-corrected chi connectivity index (χ4v) is 6.10. The quantitative estimate of drug-likeness (QED) is 0.252. The van der Waals surface area contributed by atoms with Gasteiger partial charge in [0.1, 0.15) is 21.7 Å². The van der Waals surface area contributed by atoms with Crippen LogP contribution in [-0.4, -0.2) is 71.9 Å². The number of anilines is 2. The number of aromatic nitrogens is 5. The van der Waals surface area contributed by atoms with Crippen LogP contribution < -0.4 is 16.0 Å². The summed E-state index contributed by atoms with van der Waals surface area (Å²) in [6.45, 7) is 6.51. The molecular weight excluding hydrogens is 530 g/mol. The number of carbonyl (C=O) groups excluding carboxylic acids is 3. The topological polar surface area (TPSA) is 139 Å². The number of thiazole rings is 1. The molecule has 3 N–H and O–H groups in total. The van der Waals surface area contributed by atoms with Crippen molar-refractivity contribution in [1.29, 1.82) is 0 Å². The molecule has 0 aromatic carbocycles. The smallest absolute Gasteiger partial charge is 0.271 e. The van der Waals surface area contributed by atoms with Crippen LogP contribution in [0.5, 0.6) is 0 Å². The number of carbonyl (C=O) groups is 3. The van der Waals surface area contributed by atoms with Gasteiger partial charge in [-0.15, -0.1) is 0 Å². The van der Waals surface area contributed by atoms with E-state index in [1.165, 1.54) is 18.3 Å². The molecule has 2 saturated carbocycles. The van der Waals surface area contributed by atoms with E-state index in [-0.39, 0.29) is 17.7 Å². The van der Waals surface area contributed by atoms with Crippen molar-refractivity contribution in [3.63, 3.8) is 0 Å². The van der Waals surface area contributed by atoms with Gasteiger partial charge in [-0.3, -0.25) is 14.4 Å². The Morgan fingerprint density at radius 3 is 2.45 bits per heavy atom. The molecule has 2 aliphatic rings. The number of hydrogen-bond acceptors (Lipinski definition) is 8. The normalized spacial score (nSPS) is 15.0. The Labute approximate surface area is 235 Å². The lowest BCUT2D eigenvalue weighted by molar-refractivity contribution is -0.118. The molecule has 3 amide bonds. The Morgan fingerprint density at radius 1 is 1.10 bits per heavy atom. The summed E-state index contributed by atoms with van der Waals surface area (Å²) in [7, 11) is 1.93. The average Bonchev–Trinajstić information content (AvgIpc) is 3.83. The van der Waals surface area contributed by atoms with E-state index in [1.54, 1.807) is 13.3 Å². The van der Waals surface area contributed by atoms with Gasteiger partial charge >= 0.3 is 0 Å². The first-order chi connectivity index (χ1) is 19.3. The van der Waals surface area contributed by atoms with E-state index >= 15 is 0 Å². The summed E-state index contributed by atoms with van der Waals surface area (Å²) < 4.78 is 3.94. The van der Waals surface area contributed by atoms with Crippen LogP contribution in [0, 0.1) is 6.92 Å². The third kappa shape index (κ3) is 4.78. The van der Waals surface area contributed by atoms with E-state index < -0.39 is 0 Å².